The molecule has 29 heavy (non-hydrogen) atoms. The first-order valence-corrected chi connectivity index (χ1v) is 11.0. The maximum absolute atomic E-state index is 12.5. The number of aromatic nitrogens is 2. The molecule has 0 saturated carbocycles. The highest BCUT2D eigenvalue weighted by molar-refractivity contribution is 8.01. The van der Waals surface area contributed by atoms with Gasteiger partial charge in [-0.25, -0.2) is 0 Å². The topological polar surface area (TPSA) is 54.9 Å². The Labute approximate surface area is 177 Å². The number of hydrogen-bond donors (Lipinski definition) is 1. The number of carbonyl (C=O) groups is 1. The van der Waals surface area contributed by atoms with Crippen LogP contribution in [0.4, 0.5) is 5.13 Å². The van der Waals surface area contributed by atoms with Gasteiger partial charge in [0.1, 0.15) is 0 Å². The number of carbonyl (C=O) groups excluding carboxylic acids is 1. The summed E-state index contributed by atoms with van der Waals surface area (Å²) in [6, 6.07) is 24.3. The van der Waals surface area contributed by atoms with E-state index in [-0.39, 0.29) is 5.91 Å². The summed E-state index contributed by atoms with van der Waals surface area (Å²) in [5.74, 6) is 0.714. The molecule has 0 aliphatic carbocycles. The Morgan fingerprint density at radius 2 is 1.76 bits per heavy atom. The minimum absolute atomic E-state index is 0.0852. The smallest absolute Gasteiger partial charge is 0.230 e. The van der Waals surface area contributed by atoms with Crippen LogP contribution in [0, 0.1) is 0 Å². The summed E-state index contributed by atoms with van der Waals surface area (Å²) in [5, 5.41) is 13.9. The summed E-state index contributed by atoms with van der Waals surface area (Å²) < 4.78 is 0.836. The molecule has 0 aliphatic rings. The van der Waals surface area contributed by atoms with Crippen LogP contribution < -0.4 is 5.32 Å². The second kappa shape index (κ2) is 9.49. The molecule has 0 atom stereocenters. The van der Waals surface area contributed by atoms with Crippen LogP contribution in [0.25, 0.3) is 16.8 Å². The van der Waals surface area contributed by atoms with Gasteiger partial charge in [-0.3, -0.25) is 4.79 Å². The maximum atomic E-state index is 12.5. The molecule has 0 spiro atoms. The van der Waals surface area contributed by atoms with E-state index in [1.807, 2.05) is 48.5 Å². The third kappa shape index (κ3) is 5.31. The summed E-state index contributed by atoms with van der Waals surface area (Å²) in [4.78, 5) is 12.5. The minimum atomic E-state index is -0.0852. The van der Waals surface area contributed by atoms with E-state index < -0.39 is 0 Å². The molecule has 0 unspecified atom stereocenters. The molecule has 144 valence electrons. The molecule has 1 N–H and O–H groups in total. The molecule has 4 rings (SSSR count). The third-order valence-corrected chi connectivity index (χ3v) is 6.22. The van der Waals surface area contributed by atoms with Gasteiger partial charge in [-0.1, -0.05) is 108 Å². The van der Waals surface area contributed by atoms with Crippen molar-refractivity contribution in [2.75, 3.05) is 11.1 Å². The van der Waals surface area contributed by atoms with Crippen molar-refractivity contribution >= 4 is 51.0 Å². The Morgan fingerprint density at radius 1 is 0.966 bits per heavy atom. The number of nitrogens with zero attached hydrogens (tertiary/aromatic N) is 2. The average Bonchev–Trinajstić information content (AvgIpc) is 3.19. The standard InChI is InChI=1S/C23H19N3OS2/c27-21(16-19-13-6-12-18-11-4-5-14-20(18)19)24-22-25-26-23(29-22)28-15-7-10-17-8-2-1-3-9-17/h1-14H,15-16H2,(H,24,25,27)/b10-7+. The third-order valence-electron chi connectivity index (χ3n) is 4.30. The first kappa shape index (κ1) is 19.4. The van der Waals surface area contributed by atoms with Crippen LogP contribution in [0.2, 0.25) is 0 Å². The van der Waals surface area contributed by atoms with Crippen molar-refractivity contribution in [2.45, 2.75) is 10.8 Å². The van der Waals surface area contributed by atoms with E-state index in [2.05, 4.69) is 51.9 Å². The lowest BCUT2D eigenvalue weighted by Crippen LogP contribution is -2.14. The van der Waals surface area contributed by atoms with Crippen molar-refractivity contribution in [3.05, 3.63) is 90.0 Å². The number of nitrogens with one attached hydrogen (secondary N) is 1. The molecular weight excluding hydrogens is 398 g/mol. The lowest BCUT2D eigenvalue weighted by Gasteiger charge is -2.06. The Balaban J connectivity index is 1.31. The zero-order valence-corrected chi connectivity index (χ0v) is 17.2. The summed E-state index contributed by atoms with van der Waals surface area (Å²) in [5.41, 5.74) is 2.18. The molecule has 4 nitrogen and oxygen atoms in total. The number of anilines is 1. The Morgan fingerprint density at radius 3 is 2.66 bits per heavy atom. The van der Waals surface area contributed by atoms with Gasteiger partial charge < -0.3 is 5.32 Å². The molecule has 1 heterocycles. The SMILES string of the molecule is O=C(Cc1cccc2ccccc12)Nc1nnc(SC/C=C/c2ccccc2)s1. The van der Waals surface area contributed by atoms with Crippen molar-refractivity contribution in [1.82, 2.24) is 10.2 Å². The number of rotatable bonds is 7. The highest BCUT2D eigenvalue weighted by Gasteiger charge is 2.10. The van der Waals surface area contributed by atoms with Crippen LogP contribution in [0.5, 0.6) is 0 Å². The minimum Gasteiger partial charge on any atom is -0.300 e. The van der Waals surface area contributed by atoms with Crippen molar-refractivity contribution < 1.29 is 4.79 Å². The van der Waals surface area contributed by atoms with Crippen LogP contribution in [-0.4, -0.2) is 21.9 Å². The van der Waals surface area contributed by atoms with E-state index in [9.17, 15) is 4.79 Å². The van der Waals surface area contributed by atoms with Crippen LogP contribution in [0.15, 0.2) is 83.2 Å². The maximum Gasteiger partial charge on any atom is 0.230 e. The number of thioether (sulfide) groups is 1. The molecule has 3 aromatic carbocycles. The van der Waals surface area contributed by atoms with Gasteiger partial charge in [-0.05, 0) is 21.9 Å². The second-order valence-corrected chi connectivity index (χ2v) is 8.61. The second-order valence-electron chi connectivity index (χ2n) is 6.36. The monoisotopic (exact) mass is 417 g/mol. The van der Waals surface area contributed by atoms with Crippen LogP contribution >= 0.6 is 23.1 Å². The van der Waals surface area contributed by atoms with E-state index in [1.165, 1.54) is 16.9 Å². The van der Waals surface area contributed by atoms with Gasteiger partial charge in [0.25, 0.3) is 0 Å². The zero-order chi connectivity index (χ0) is 19.9. The Kier molecular flexibility index (Phi) is 6.34. The Hall–Kier alpha value is -2.96. The van der Waals surface area contributed by atoms with Gasteiger partial charge in [0.15, 0.2) is 4.34 Å². The lowest BCUT2D eigenvalue weighted by molar-refractivity contribution is -0.115. The molecule has 6 heteroatoms. The van der Waals surface area contributed by atoms with Crippen molar-refractivity contribution in [2.24, 2.45) is 0 Å². The molecule has 0 saturated heterocycles. The first-order chi connectivity index (χ1) is 14.3. The van der Waals surface area contributed by atoms with Gasteiger partial charge >= 0.3 is 0 Å². The van der Waals surface area contributed by atoms with Crippen molar-refractivity contribution in [3.63, 3.8) is 0 Å². The summed E-state index contributed by atoms with van der Waals surface area (Å²) in [7, 11) is 0. The fraction of sp³-hybridized carbons (Fsp3) is 0.0870. The van der Waals surface area contributed by atoms with Crippen LogP contribution in [0.1, 0.15) is 11.1 Å². The first-order valence-electron chi connectivity index (χ1n) is 9.22. The van der Waals surface area contributed by atoms with E-state index >= 15 is 0 Å². The normalized spacial score (nSPS) is 11.2. The van der Waals surface area contributed by atoms with E-state index in [0.29, 0.717) is 11.6 Å². The number of fused-ring (bicyclic) bond motifs is 1. The molecule has 0 aliphatic heterocycles. The fourth-order valence-electron chi connectivity index (χ4n) is 2.97. The average molecular weight is 418 g/mol. The van der Waals surface area contributed by atoms with Gasteiger partial charge in [0.2, 0.25) is 11.0 Å². The molecule has 0 bridgehead atoms. The Bertz CT molecular complexity index is 1130. The molecule has 1 aromatic heterocycles. The van der Waals surface area contributed by atoms with Crippen LogP contribution in [-0.2, 0) is 11.2 Å². The zero-order valence-electron chi connectivity index (χ0n) is 15.6. The number of amides is 1. The molecular formula is C23H19N3OS2. The molecule has 1 amide bonds. The van der Waals surface area contributed by atoms with Crippen molar-refractivity contribution in [3.8, 4) is 0 Å². The van der Waals surface area contributed by atoms with Gasteiger partial charge in [0.05, 0.1) is 6.42 Å². The van der Waals surface area contributed by atoms with E-state index in [0.717, 1.165) is 26.4 Å². The van der Waals surface area contributed by atoms with Gasteiger partial charge in [0, 0.05) is 5.75 Å². The molecule has 4 aromatic rings. The lowest BCUT2D eigenvalue weighted by atomic mass is 10.0. The van der Waals surface area contributed by atoms with Gasteiger partial charge in [-0.15, -0.1) is 10.2 Å². The highest BCUT2D eigenvalue weighted by Crippen LogP contribution is 2.26. The predicted molar refractivity (Wildman–Crippen MR) is 122 cm³/mol. The van der Waals surface area contributed by atoms with Crippen LogP contribution in [0.3, 0.4) is 0 Å². The van der Waals surface area contributed by atoms with E-state index in [4.69, 9.17) is 0 Å². The van der Waals surface area contributed by atoms with E-state index in [1.54, 1.807) is 11.8 Å². The summed E-state index contributed by atoms with van der Waals surface area (Å²) in [6.45, 7) is 0. The molecule has 0 radical (unpaired) electrons. The molecule has 0 fully saturated rings. The van der Waals surface area contributed by atoms with Crippen molar-refractivity contribution in [1.29, 1.82) is 0 Å². The summed E-state index contributed by atoms with van der Waals surface area (Å²) >= 11 is 3.00. The number of hydrogen-bond acceptors (Lipinski definition) is 5. The quantitative estimate of drug-likeness (QED) is 0.311. The highest BCUT2D eigenvalue weighted by atomic mass is 32.2. The fourth-order valence-corrected chi connectivity index (χ4v) is 4.57. The summed E-state index contributed by atoms with van der Waals surface area (Å²) in [6.07, 6.45) is 4.49. The number of benzene rings is 3. The van der Waals surface area contributed by atoms with Gasteiger partial charge in [-0.2, -0.15) is 0 Å². The largest absolute Gasteiger partial charge is 0.300 e. The predicted octanol–water partition coefficient (Wildman–Crippen LogP) is 5.68.